The molecule has 78 valence electrons. The number of benzene rings is 2. The van der Waals surface area contributed by atoms with Gasteiger partial charge in [0, 0.05) is 10.7 Å². The number of alkyl halides is 2. The molecule has 0 aliphatic rings. The maximum Gasteiger partial charge on any atom is 0.0286 e. The topological polar surface area (TPSA) is 0 Å². The molecule has 0 saturated heterocycles. The van der Waals surface area contributed by atoms with Gasteiger partial charge >= 0.3 is 0 Å². The minimum atomic E-state index is 0.931. The third-order valence-electron chi connectivity index (χ3n) is 2.63. The first kappa shape index (κ1) is 11.2. The first-order valence-corrected chi connectivity index (χ1v) is 7.22. The quantitative estimate of drug-likeness (QED) is 0.718. The Hall–Kier alpha value is -0.340. The third-order valence-corrected chi connectivity index (χ3v) is 3.63. The highest BCUT2D eigenvalue weighted by Crippen LogP contribution is 2.25. The molecule has 0 bridgehead atoms. The molecule has 2 aromatic carbocycles. The summed E-state index contributed by atoms with van der Waals surface area (Å²) in [5.41, 5.74) is 2.86. The maximum atomic E-state index is 3.55. The summed E-state index contributed by atoms with van der Waals surface area (Å²) in [6.07, 6.45) is 1.09. The normalized spacial score (nSPS) is 10.8. The molecular formula is C13H12Br2. The average Bonchev–Trinajstić information content (AvgIpc) is 2.30. The number of hydrogen-bond acceptors (Lipinski definition) is 0. The van der Waals surface area contributed by atoms with Crippen LogP contribution in [-0.2, 0) is 11.8 Å². The van der Waals surface area contributed by atoms with Crippen molar-refractivity contribution in [1.29, 1.82) is 0 Å². The van der Waals surface area contributed by atoms with Crippen molar-refractivity contribution < 1.29 is 0 Å². The van der Waals surface area contributed by atoms with Gasteiger partial charge < -0.3 is 0 Å². The van der Waals surface area contributed by atoms with Crippen molar-refractivity contribution >= 4 is 42.6 Å². The van der Waals surface area contributed by atoms with Crippen molar-refractivity contribution in [2.45, 2.75) is 11.8 Å². The van der Waals surface area contributed by atoms with E-state index < -0.39 is 0 Å². The van der Waals surface area contributed by atoms with Gasteiger partial charge in [0.15, 0.2) is 0 Å². The van der Waals surface area contributed by atoms with Gasteiger partial charge in [0.1, 0.15) is 0 Å². The van der Waals surface area contributed by atoms with Crippen molar-refractivity contribution in [2.75, 3.05) is 5.33 Å². The Morgan fingerprint density at radius 2 is 1.73 bits per heavy atom. The standard InChI is InChI=1S/C13H12Br2/c14-8-7-13-11(9-15)6-5-10-3-1-2-4-12(10)13/h1-6H,7-9H2. The van der Waals surface area contributed by atoms with Crippen molar-refractivity contribution in [3.63, 3.8) is 0 Å². The second-order valence-corrected chi connectivity index (χ2v) is 4.85. The van der Waals surface area contributed by atoms with Gasteiger partial charge in [-0.25, -0.2) is 0 Å². The van der Waals surface area contributed by atoms with Gasteiger partial charge in [-0.2, -0.15) is 0 Å². The fourth-order valence-corrected chi connectivity index (χ4v) is 2.82. The van der Waals surface area contributed by atoms with Gasteiger partial charge in [-0.3, -0.25) is 0 Å². The minimum Gasteiger partial charge on any atom is -0.0924 e. The van der Waals surface area contributed by atoms with E-state index in [1.807, 2.05) is 0 Å². The summed E-state index contributed by atoms with van der Waals surface area (Å²) in [5, 5.41) is 4.66. The molecule has 0 amide bonds. The maximum absolute atomic E-state index is 3.55. The van der Waals surface area contributed by atoms with E-state index in [4.69, 9.17) is 0 Å². The Balaban J connectivity index is 2.67. The lowest BCUT2D eigenvalue weighted by Gasteiger charge is -2.10. The zero-order valence-corrected chi connectivity index (χ0v) is 11.5. The summed E-state index contributed by atoms with van der Waals surface area (Å²) >= 11 is 7.07. The average molecular weight is 328 g/mol. The van der Waals surface area contributed by atoms with E-state index >= 15 is 0 Å². The van der Waals surface area contributed by atoms with Gasteiger partial charge in [-0.1, -0.05) is 68.3 Å². The molecule has 2 aromatic rings. The number of aryl methyl sites for hydroxylation is 1. The first-order valence-electron chi connectivity index (χ1n) is 4.98. The lowest BCUT2D eigenvalue weighted by molar-refractivity contribution is 1.15. The number of hydrogen-bond donors (Lipinski definition) is 0. The molecule has 0 unspecified atom stereocenters. The molecule has 0 nitrogen and oxygen atoms in total. The molecule has 0 aromatic heterocycles. The van der Waals surface area contributed by atoms with E-state index in [1.54, 1.807) is 0 Å². The summed E-state index contributed by atoms with van der Waals surface area (Å²) in [7, 11) is 0. The Kier molecular flexibility index (Phi) is 3.81. The molecule has 0 aliphatic carbocycles. The van der Waals surface area contributed by atoms with Crippen molar-refractivity contribution in [2.24, 2.45) is 0 Å². The molecule has 15 heavy (non-hydrogen) atoms. The fraction of sp³-hybridized carbons (Fsp3) is 0.231. The van der Waals surface area contributed by atoms with E-state index in [1.165, 1.54) is 21.9 Å². The Morgan fingerprint density at radius 3 is 2.47 bits per heavy atom. The zero-order chi connectivity index (χ0) is 10.7. The predicted molar refractivity (Wildman–Crippen MR) is 74.1 cm³/mol. The molecule has 0 heterocycles. The fourth-order valence-electron chi connectivity index (χ4n) is 1.90. The number of fused-ring (bicyclic) bond motifs is 1. The van der Waals surface area contributed by atoms with Crippen LogP contribution in [0.25, 0.3) is 10.8 Å². The zero-order valence-electron chi connectivity index (χ0n) is 8.34. The largest absolute Gasteiger partial charge is 0.0924 e. The van der Waals surface area contributed by atoms with Gasteiger partial charge in [0.25, 0.3) is 0 Å². The van der Waals surface area contributed by atoms with Crippen LogP contribution in [0.1, 0.15) is 11.1 Å². The summed E-state index contributed by atoms with van der Waals surface area (Å²) in [4.78, 5) is 0. The van der Waals surface area contributed by atoms with E-state index in [0.29, 0.717) is 0 Å². The van der Waals surface area contributed by atoms with E-state index in [9.17, 15) is 0 Å². The second kappa shape index (κ2) is 5.13. The lowest BCUT2D eigenvalue weighted by atomic mass is 9.98. The molecule has 0 saturated carbocycles. The Bertz CT molecular complexity index is 463. The molecule has 0 aliphatic heterocycles. The smallest absolute Gasteiger partial charge is 0.0286 e. The summed E-state index contributed by atoms with van der Waals surface area (Å²) < 4.78 is 0. The van der Waals surface area contributed by atoms with Crippen LogP contribution in [0.2, 0.25) is 0 Å². The summed E-state index contributed by atoms with van der Waals surface area (Å²) in [6, 6.07) is 13.0. The lowest BCUT2D eigenvalue weighted by Crippen LogP contribution is -1.94. The molecular weight excluding hydrogens is 316 g/mol. The Labute approximate surface area is 107 Å². The van der Waals surface area contributed by atoms with Crippen LogP contribution in [-0.4, -0.2) is 5.33 Å². The van der Waals surface area contributed by atoms with Crippen molar-refractivity contribution in [3.8, 4) is 0 Å². The second-order valence-electron chi connectivity index (χ2n) is 3.50. The van der Waals surface area contributed by atoms with Crippen LogP contribution in [0.4, 0.5) is 0 Å². The summed E-state index contributed by atoms with van der Waals surface area (Å²) in [6.45, 7) is 0. The molecule has 0 atom stereocenters. The number of halogens is 2. The van der Waals surface area contributed by atoms with Crippen molar-refractivity contribution in [3.05, 3.63) is 47.5 Å². The van der Waals surface area contributed by atoms with Gasteiger partial charge in [0.05, 0.1) is 0 Å². The van der Waals surface area contributed by atoms with Crippen LogP contribution in [0.5, 0.6) is 0 Å². The highest BCUT2D eigenvalue weighted by molar-refractivity contribution is 9.09. The van der Waals surface area contributed by atoms with Crippen LogP contribution < -0.4 is 0 Å². The van der Waals surface area contributed by atoms with Crippen LogP contribution in [0.15, 0.2) is 36.4 Å². The third kappa shape index (κ3) is 2.26. The Morgan fingerprint density at radius 1 is 0.933 bits per heavy atom. The summed E-state index contributed by atoms with van der Waals surface area (Å²) in [5.74, 6) is 0. The number of rotatable bonds is 3. The molecule has 2 rings (SSSR count). The van der Waals surface area contributed by atoms with Gasteiger partial charge in [0.2, 0.25) is 0 Å². The van der Waals surface area contributed by atoms with E-state index in [2.05, 4.69) is 68.3 Å². The molecule has 0 spiro atoms. The van der Waals surface area contributed by atoms with Crippen LogP contribution in [0.3, 0.4) is 0 Å². The van der Waals surface area contributed by atoms with Gasteiger partial charge in [-0.05, 0) is 28.3 Å². The molecule has 0 N–H and O–H groups in total. The molecule has 2 heteroatoms. The van der Waals surface area contributed by atoms with Crippen LogP contribution in [0, 0.1) is 0 Å². The van der Waals surface area contributed by atoms with E-state index in [0.717, 1.165) is 17.1 Å². The first-order chi connectivity index (χ1) is 7.36. The SMILES string of the molecule is BrCCc1c(CBr)ccc2ccccc12. The molecule has 0 fully saturated rings. The van der Waals surface area contributed by atoms with Crippen molar-refractivity contribution in [1.82, 2.24) is 0 Å². The van der Waals surface area contributed by atoms with Gasteiger partial charge in [-0.15, -0.1) is 0 Å². The van der Waals surface area contributed by atoms with Crippen LogP contribution >= 0.6 is 31.9 Å². The highest BCUT2D eigenvalue weighted by atomic mass is 79.9. The monoisotopic (exact) mass is 326 g/mol. The minimum absolute atomic E-state index is 0.931. The predicted octanol–water partition coefficient (Wildman–Crippen LogP) is 4.67. The molecule has 0 radical (unpaired) electrons. The van der Waals surface area contributed by atoms with E-state index in [-0.39, 0.29) is 0 Å². The highest BCUT2D eigenvalue weighted by Gasteiger charge is 2.05.